The molecule has 1 aliphatic heterocycles. The number of unbranched alkanes of at least 4 members (excludes halogenated alkanes) is 1. The quantitative estimate of drug-likeness (QED) is 0.0482. The van der Waals surface area contributed by atoms with Crippen LogP contribution in [0.25, 0.3) is 10.9 Å². The Kier molecular flexibility index (Phi) is 22.3. The highest BCUT2D eigenvalue weighted by Crippen LogP contribution is 2.25. The minimum atomic E-state index is -1.59. The molecule has 75 heavy (non-hydrogen) atoms. The number of fused-ring (bicyclic) bond motifs is 1. The van der Waals surface area contributed by atoms with Gasteiger partial charge in [0.25, 0.3) is 0 Å². The van der Waals surface area contributed by atoms with Crippen LogP contribution in [-0.4, -0.2) is 152 Å². The lowest BCUT2D eigenvalue weighted by Crippen LogP contribution is -2.61. The number of phenols is 1. The highest BCUT2D eigenvalue weighted by Gasteiger charge is 2.38. The van der Waals surface area contributed by atoms with Gasteiger partial charge in [-0.2, -0.15) is 0 Å². The molecular weight excluding hydrogens is 1010 g/mol. The zero-order valence-corrected chi connectivity index (χ0v) is 43.4. The molecular formula is C51H66N10O12S2. The standard InChI is InChI=1S/C51H66N10O12S2/c1-28(2)43(51(72)73)60-48(69)40-27-75-74-26-39(58-44(65)34(53)24-42(63)64)47(68)56-37(21-29-11-5-4-6-12-29)45(66)57-38(23-31-25-54-35-14-8-7-13-33(31)35)46(67)55-36(15-9-10-20-52)50(71)61(3)41(49(70)59-40)22-30-16-18-32(62)19-17-30/h4-8,11-14,16-19,25,28,34,36-41,43,54,62H,9-10,15,20-24,26-27,52-53H2,1-3H3,(H,55,67)(H,56,68)(H,57,66)(H,58,65)(H,59,70)(H,60,69)(H,63,64)(H,72,73)/t34-,36-,37-,38-,39-,40-,41-,43-/m0/s1. The number of aromatic amines is 1. The molecule has 0 spiro atoms. The van der Waals surface area contributed by atoms with Gasteiger partial charge in [0, 0.05) is 54.9 Å². The third-order valence-corrected chi connectivity index (χ3v) is 14.9. The number of hydrogen-bond acceptors (Lipinski definition) is 14. The fraction of sp³-hybridized carbons (Fsp3) is 0.431. The molecule has 0 unspecified atom stereocenters. The summed E-state index contributed by atoms with van der Waals surface area (Å²) in [6, 6.07) is 10.3. The van der Waals surface area contributed by atoms with Crippen molar-refractivity contribution < 1.29 is 58.5 Å². The third-order valence-electron chi connectivity index (χ3n) is 12.5. The van der Waals surface area contributed by atoms with Crippen LogP contribution in [0.5, 0.6) is 5.75 Å². The number of amides is 7. The van der Waals surface area contributed by atoms with Gasteiger partial charge < -0.3 is 68.6 Å². The molecule has 4 aromatic rings. The van der Waals surface area contributed by atoms with E-state index in [1.807, 2.05) is 18.2 Å². The van der Waals surface area contributed by atoms with E-state index in [4.69, 9.17) is 11.5 Å². The highest BCUT2D eigenvalue weighted by atomic mass is 33.1. The van der Waals surface area contributed by atoms with Crippen molar-refractivity contribution in [3.05, 3.63) is 102 Å². The van der Waals surface area contributed by atoms with Crippen molar-refractivity contribution in [2.24, 2.45) is 17.4 Å². The topological polar surface area (TPSA) is 358 Å². The fourth-order valence-electron chi connectivity index (χ4n) is 8.21. The second kappa shape index (κ2) is 28.5. The fourth-order valence-corrected chi connectivity index (χ4v) is 10.5. The monoisotopic (exact) mass is 1070 g/mol. The van der Waals surface area contributed by atoms with Crippen molar-refractivity contribution in [3.63, 3.8) is 0 Å². The summed E-state index contributed by atoms with van der Waals surface area (Å²) in [5, 5.41) is 46.2. The average molecular weight is 1080 g/mol. The number of nitrogens with one attached hydrogen (secondary N) is 7. The van der Waals surface area contributed by atoms with Crippen LogP contribution in [0.15, 0.2) is 85.1 Å². The van der Waals surface area contributed by atoms with Crippen molar-refractivity contribution in [3.8, 4) is 5.75 Å². The van der Waals surface area contributed by atoms with E-state index in [0.717, 1.165) is 37.4 Å². The summed E-state index contributed by atoms with van der Waals surface area (Å²) in [4.78, 5) is 129. The average Bonchev–Trinajstić information content (AvgIpc) is 3.78. The second-order valence-electron chi connectivity index (χ2n) is 18.5. The number of hydrogen-bond donors (Lipinski definition) is 12. The smallest absolute Gasteiger partial charge is 0.326 e. The number of carboxylic acids is 2. The Labute approximate surface area is 441 Å². The van der Waals surface area contributed by atoms with E-state index >= 15 is 0 Å². The Balaban J connectivity index is 1.64. The van der Waals surface area contributed by atoms with E-state index < -0.39 is 114 Å². The third kappa shape index (κ3) is 17.5. The zero-order chi connectivity index (χ0) is 54.8. The SMILES string of the molecule is CC(C)[C@H](NC(=O)[C@@H]1CSSC[C@H](NC(=O)[C@@H](N)CC(=O)O)C(=O)N[C@@H](Cc2ccccc2)C(=O)N[C@@H](Cc2c[nH]c3ccccc23)C(=O)N[C@@H](CCCCN)C(=O)N(C)[C@@H](Cc2ccc(O)cc2)C(=O)N1)C(=O)O. The van der Waals surface area contributed by atoms with Crippen LogP contribution in [0.3, 0.4) is 0 Å². The molecule has 1 aromatic heterocycles. The maximum Gasteiger partial charge on any atom is 0.326 e. The second-order valence-corrected chi connectivity index (χ2v) is 21.1. The number of carbonyl (C=O) groups is 9. The highest BCUT2D eigenvalue weighted by molar-refractivity contribution is 8.76. The van der Waals surface area contributed by atoms with Crippen LogP contribution in [0.2, 0.25) is 0 Å². The van der Waals surface area contributed by atoms with E-state index in [9.17, 15) is 58.5 Å². The summed E-state index contributed by atoms with van der Waals surface area (Å²) in [6.45, 7) is 3.41. The number of para-hydroxylation sites is 1. The van der Waals surface area contributed by atoms with Gasteiger partial charge >= 0.3 is 11.9 Å². The Morgan fingerprint density at radius 3 is 2.01 bits per heavy atom. The lowest BCUT2D eigenvalue weighted by molar-refractivity contribution is -0.144. The molecule has 0 bridgehead atoms. The van der Waals surface area contributed by atoms with Crippen molar-refractivity contribution >= 4 is 85.8 Å². The summed E-state index contributed by atoms with van der Waals surface area (Å²) in [6.07, 6.45) is 1.34. The molecule has 0 aliphatic carbocycles. The molecule has 7 amide bonds. The van der Waals surface area contributed by atoms with E-state index in [1.165, 1.54) is 31.3 Å². The molecule has 14 N–H and O–H groups in total. The van der Waals surface area contributed by atoms with Gasteiger partial charge in [0.05, 0.1) is 12.5 Å². The first-order valence-corrected chi connectivity index (χ1v) is 26.8. The first-order chi connectivity index (χ1) is 35.8. The lowest BCUT2D eigenvalue weighted by atomic mass is 9.99. The van der Waals surface area contributed by atoms with Crippen molar-refractivity contribution in [1.29, 1.82) is 0 Å². The summed E-state index contributed by atoms with van der Waals surface area (Å²) in [7, 11) is 3.26. The molecule has 5 rings (SSSR count). The van der Waals surface area contributed by atoms with Gasteiger partial charge in [-0.15, -0.1) is 0 Å². The number of phenolic OH excluding ortho intramolecular Hbond substituents is 1. The molecule has 2 heterocycles. The molecule has 0 saturated carbocycles. The molecule has 1 fully saturated rings. The van der Waals surface area contributed by atoms with Gasteiger partial charge in [-0.25, -0.2) is 4.79 Å². The van der Waals surface area contributed by atoms with Gasteiger partial charge in [0.15, 0.2) is 0 Å². The van der Waals surface area contributed by atoms with Crippen molar-refractivity contribution in [1.82, 2.24) is 41.8 Å². The van der Waals surface area contributed by atoms with E-state index in [0.29, 0.717) is 29.5 Å². The number of benzene rings is 3. The van der Waals surface area contributed by atoms with Crippen LogP contribution in [0.4, 0.5) is 0 Å². The number of nitrogens with two attached hydrogens (primary N) is 2. The van der Waals surface area contributed by atoms with E-state index in [2.05, 4.69) is 36.9 Å². The summed E-state index contributed by atoms with van der Waals surface area (Å²) in [5.74, 6) is -9.95. The van der Waals surface area contributed by atoms with Gasteiger partial charge in [-0.1, -0.05) is 96.1 Å². The summed E-state index contributed by atoms with van der Waals surface area (Å²) in [5.41, 5.74) is 14.2. The first kappa shape index (κ1) is 58.7. The Hall–Kier alpha value is -7.15. The summed E-state index contributed by atoms with van der Waals surface area (Å²) >= 11 is 0. The number of carboxylic acid groups (broad SMARTS) is 2. The van der Waals surface area contributed by atoms with Crippen LogP contribution in [-0.2, 0) is 62.4 Å². The van der Waals surface area contributed by atoms with Crippen LogP contribution < -0.4 is 43.4 Å². The molecule has 1 saturated heterocycles. The number of rotatable bonds is 18. The van der Waals surface area contributed by atoms with Crippen LogP contribution >= 0.6 is 21.6 Å². The molecule has 3 aromatic carbocycles. The van der Waals surface area contributed by atoms with Gasteiger partial charge in [0.2, 0.25) is 41.4 Å². The summed E-state index contributed by atoms with van der Waals surface area (Å²) < 4.78 is 0. The number of likely N-dealkylation sites (N-methyl/N-ethyl adjacent to an activating group) is 1. The zero-order valence-electron chi connectivity index (χ0n) is 41.8. The van der Waals surface area contributed by atoms with Crippen molar-refractivity contribution in [2.45, 2.75) is 107 Å². The van der Waals surface area contributed by atoms with Crippen molar-refractivity contribution in [2.75, 3.05) is 25.1 Å². The molecule has 1 aliphatic rings. The minimum Gasteiger partial charge on any atom is -0.508 e. The largest absolute Gasteiger partial charge is 0.508 e. The molecule has 0 radical (unpaired) electrons. The Bertz CT molecular complexity index is 2640. The molecule has 24 heteroatoms. The Morgan fingerprint density at radius 2 is 1.36 bits per heavy atom. The minimum absolute atomic E-state index is 0.0357. The maximum absolute atomic E-state index is 14.9. The van der Waals surface area contributed by atoms with Gasteiger partial charge in [-0.05, 0) is 66.6 Å². The Morgan fingerprint density at radius 1 is 0.747 bits per heavy atom. The lowest BCUT2D eigenvalue weighted by Gasteiger charge is -2.33. The number of aromatic hydroxyl groups is 1. The predicted octanol–water partition coefficient (Wildman–Crippen LogP) is 0.704. The van der Waals surface area contributed by atoms with Crippen LogP contribution in [0, 0.1) is 5.92 Å². The normalized spacial score (nSPS) is 21.5. The van der Waals surface area contributed by atoms with Crippen LogP contribution in [0.1, 0.15) is 56.2 Å². The van der Waals surface area contributed by atoms with E-state index in [1.54, 1.807) is 56.4 Å². The number of aromatic nitrogens is 1. The maximum atomic E-state index is 14.9. The number of nitrogens with zero attached hydrogens (tertiary/aromatic N) is 1. The molecule has 8 atom stereocenters. The molecule has 404 valence electrons. The predicted molar refractivity (Wildman–Crippen MR) is 283 cm³/mol. The van der Waals surface area contributed by atoms with Gasteiger partial charge in [0.1, 0.15) is 48.0 Å². The number of H-pyrrole nitrogens is 1. The number of aliphatic carboxylic acids is 2. The van der Waals surface area contributed by atoms with Gasteiger partial charge in [-0.3, -0.25) is 38.4 Å². The first-order valence-electron chi connectivity index (χ1n) is 24.4. The molecule has 22 nitrogen and oxygen atoms in total. The number of carbonyl (C=O) groups excluding carboxylic acids is 7. The van der Waals surface area contributed by atoms with E-state index in [-0.39, 0.29) is 49.5 Å².